The van der Waals surface area contributed by atoms with E-state index in [1.807, 2.05) is 81.4 Å². The van der Waals surface area contributed by atoms with Gasteiger partial charge in [-0.05, 0) is 37.8 Å². The van der Waals surface area contributed by atoms with Crippen LogP contribution in [0, 0.1) is 5.92 Å². The molecule has 1 fully saturated rings. The average molecular weight is 351 g/mol. The normalized spacial score (nSPS) is 19.9. The fourth-order valence-electron chi connectivity index (χ4n) is 3.49. The van der Waals surface area contributed by atoms with Gasteiger partial charge in [-0.25, -0.2) is 9.69 Å². The zero-order valence-electron chi connectivity index (χ0n) is 15.5. The summed E-state index contributed by atoms with van der Waals surface area (Å²) < 4.78 is 5.53. The number of nitrogens with zero attached hydrogens (tertiary/aromatic N) is 1. The third-order valence-corrected chi connectivity index (χ3v) is 4.98. The molecule has 0 saturated carbocycles. The summed E-state index contributed by atoms with van der Waals surface area (Å²) in [6, 6.07) is 19.4. The monoisotopic (exact) mass is 351 g/mol. The zero-order valence-corrected chi connectivity index (χ0v) is 15.5. The van der Waals surface area contributed by atoms with Crippen LogP contribution in [0.5, 0.6) is 0 Å². The van der Waals surface area contributed by atoms with Crippen LogP contribution in [0.1, 0.15) is 31.9 Å². The minimum atomic E-state index is -0.713. The van der Waals surface area contributed by atoms with Crippen molar-refractivity contribution in [2.45, 2.75) is 45.3 Å². The molecule has 0 aromatic heterocycles. The Balaban J connectivity index is 1.80. The molecule has 0 bridgehead atoms. The van der Waals surface area contributed by atoms with Crippen LogP contribution in [0.3, 0.4) is 0 Å². The molecule has 0 aliphatic carbocycles. The van der Waals surface area contributed by atoms with E-state index in [1.165, 1.54) is 4.90 Å². The lowest BCUT2D eigenvalue weighted by Gasteiger charge is -2.29. The maximum absolute atomic E-state index is 13.1. The Morgan fingerprint density at radius 2 is 1.58 bits per heavy atom. The number of cyclic esters (lactones) is 1. The van der Waals surface area contributed by atoms with Gasteiger partial charge in [-0.2, -0.15) is 0 Å². The minimum absolute atomic E-state index is 0.176. The van der Waals surface area contributed by atoms with Crippen molar-refractivity contribution in [3.63, 3.8) is 0 Å². The van der Waals surface area contributed by atoms with E-state index in [1.54, 1.807) is 0 Å². The van der Waals surface area contributed by atoms with Gasteiger partial charge in [-0.1, -0.05) is 67.6 Å². The van der Waals surface area contributed by atoms with E-state index in [9.17, 15) is 9.59 Å². The van der Waals surface area contributed by atoms with E-state index in [4.69, 9.17) is 4.74 Å². The molecule has 2 aromatic rings. The predicted molar refractivity (Wildman–Crippen MR) is 101 cm³/mol. The Kier molecular flexibility index (Phi) is 5.12. The molecule has 2 amide bonds. The topological polar surface area (TPSA) is 46.6 Å². The Bertz CT molecular complexity index is 770. The summed E-state index contributed by atoms with van der Waals surface area (Å²) in [5.41, 5.74) is 1.45. The van der Waals surface area contributed by atoms with Gasteiger partial charge in [0.1, 0.15) is 5.60 Å². The highest BCUT2D eigenvalue weighted by molar-refractivity contribution is 5.95. The molecular formula is C22H25NO3. The maximum Gasteiger partial charge on any atom is 0.417 e. The molecular weight excluding hydrogens is 326 g/mol. The Hall–Kier alpha value is -2.62. The number of hydrogen-bond acceptors (Lipinski definition) is 3. The van der Waals surface area contributed by atoms with Crippen molar-refractivity contribution in [3.8, 4) is 0 Å². The first kappa shape index (κ1) is 18.2. The van der Waals surface area contributed by atoms with Crippen molar-refractivity contribution in [2.75, 3.05) is 0 Å². The van der Waals surface area contributed by atoms with Gasteiger partial charge in [0, 0.05) is 5.92 Å². The van der Waals surface area contributed by atoms with E-state index in [0.29, 0.717) is 12.8 Å². The smallest absolute Gasteiger partial charge is 0.417 e. The summed E-state index contributed by atoms with van der Waals surface area (Å²) in [6.07, 6.45) is 0.645. The molecule has 4 nitrogen and oxygen atoms in total. The fraction of sp³-hybridized carbons (Fsp3) is 0.364. The number of amides is 2. The van der Waals surface area contributed by atoms with E-state index in [0.717, 1.165) is 11.1 Å². The molecule has 0 unspecified atom stereocenters. The largest absolute Gasteiger partial charge is 0.441 e. The standard InChI is InChI=1S/C22H25NO3/c1-16(14-17-10-6-4-7-11-17)20(24)23-19(22(2,3)26-21(23)25)15-18-12-8-5-9-13-18/h4-13,16,19H,14-15H2,1-3H3/t16-,19+/m1/s1. The number of rotatable bonds is 5. The summed E-state index contributed by atoms with van der Waals surface area (Å²) in [5.74, 6) is -0.470. The molecule has 136 valence electrons. The van der Waals surface area contributed by atoms with Gasteiger partial charge >= 0.3 is 6.09 Å². The van der Waals surface area contributed by atoms with Crippen LogP contribution in [0.15, 0.2) is 60.7 Å². The number of benzene rings is 2. The van der Waals surface area contributed by atoms with Crippen molar-refractivity contribution in [1.29, 1.82) is 0 Å². The van der Waals surface area contributed by atoms with Crippen molar-refractivity contribution in [1.82, 2.24) is 4.90 Å². The van der Waals surface area contributed by atoms with Crippen LogP contribution in [-0.2, 0) is 22.4 Å². The summed E-state index contributed by atoms with van der Waals surface area (Å²) in [5, 5.41) is 0. The molecule has 1 heterocycles. The molecule has 26 heavy (non-hydrogen) atoms. The highest BCUT2D eigenvalue weighted by Crippen LogP contribution is 2.33. The molecule has 1 aliphatic heterocycles. The first-order valence-corrected chi connectivity index (χ1v) is 9.02. The molecule has 1 saturated heterocycles. The fourth-order valence-corrected chi connectivity index (χ4v) is 3.49. The van der Waals surface area contributed by atoms with Gasteiger partial charge in [0.2, 0.25) is 5.91 Å². The van der Waals surface area contributed by atoms with Crippen molar-refractivity contribution in [2.24, 2.45) is 5.92 Å². The van der Waals surface area contributed by atoms with Crippen LogP contribution < -0.4 is 0 Å². The van der Waals surface area contributed by atoms with Gasteiger partial charge in [0.15, 0.2) is 0 Å². The second-order valence-corrected chi connectivity index (χ2v) is 7.48. The van der Waals surface area contributed by atoms with Gasteiger partial charge in [0.25, 0.3) is 0 Å². The lowest BCUT2D eigenvalue weighted by molar-refractivity contribution is -0.133. The third kappa shape index (κ3) is 3.79. The van der Waals surface area contributed by atoms with Crippen LogP contribution in [0.2, 0.25) is 0 Å². The molecule has 0 radical (unpaired) electrons. The molecule has 3 rings (SSSR count). The summed E-state index contributed by atoms with van der Waals surface area (Å²) in [4.78, 5) is 26.9. The lowest BCUT2D eigenvalue weighted by Crippen LogP contribution is -2.48. The molecule has 2 aromatic carbocycles. The second-order valence-electron chi connectivity index (χ2n) is 7.48. The SMILES string of the molecule is C[C@H](Cc1ccccc1)C(=O)N1C(=O)OC(C)(C)[C@@H]1Cc1ccccc1. The molecule has 1 aliphatic rings. The van der Waals surface area contributed by atoms with E-state index >= 15 is 0 Å². The van der Waals surface area contributed by atoms with Crippen LogP contribution in [0.4, 0.5) is 4.79 Å². The number of carbonyl (C=O) groups is 2. The van der Waals surface area contributed by atoms with E-state index in [-0.39, 0.29) is 17.9 Å². The highest BCUT2D eigenvalue weighted by Gasteiger charge is 2.51. The van der Waals surface area contributed by atoms with Gasteiger partial charge in [-0.15, -0.1) is 0 Å². The average Bonchev–Trinajstić information content (AvgIpc) is 2.84. The summed E-state index contributed by atoms with van der Waals surface area (Å²) in [7, 11) is 0. The maximum atomic E-state index is 13.1. The molecule has 0 N–H and O–H groups in total. The van der Waals surface area contributed by atoms with Gasteiger partial charge in [0.05, 0.1) is 6.04 Å². The minimum Gasteiger partial charge on any atom is -0.441 e. The van der Waals surface area contributed by atoms with Gasteiger partial charge < -0.3 is 4.74 Å². The molecule has 4 heteroatoms. The highest BCUT2D eigenvalue weighted by atomic mass is 16.6. The number of carbonyl (C=O) groups excluding carboxylic acids is 2. The lowest BCUT2D eigenvalue weighted by atomic mass is 9.91. The third-order valence-electron chi connectivity index (χ3n) is 4.98. The Morgan fingerprint density at radius 1 is 1.04 bits per heavy atom. The van der Waals surface area contributed by atoms with Gasteiger partial charge in [-0.3, -0.25) is 4.79 Å². The predicted octanol–water partition coefficient (Wildman–Crippen LogP) is 4.23. The molecule has 0 spiro atoms. The Labute approximate surface area is 154 Å². The van der Waals surface area contributed by atoms with Crippen molar-refractivity contribution in [3.05, 3.63) is 71.8 Å². The second kappa shape index (κ2) is 7.32. The number of hydrogen-bond donors (Lipinski definition) is 0. The Morgan fingerprint density at radius 3 is 2.15 bits per heavy atom. The van der Waals surface area contributed by atoms with Crippen LogP contribution in [0.25, 0.3) is 0 Å². The summed E-state index contributed by atoms with van der Waals surface area (Å²) in [6.45, 7) is 5.61. The van der Waals surface area contributed by atoms with E-state index < -0.39 is 11.7 Å². The summed E-state index contributed by atoms with van der Waals surface area (Å²) >= 11 is 0. The first-order chi connectivity index (χ1) is 12.4. The first-order valence-electron chi connectivity index (χ1n) is 9.02. The quantitative estimate of drug-likeness (QED) is 0.810. The zero-order chi connectivity index (χ0) is 18.7. The van der Waals surface area contributed by atoms with Crippen LogP contribution >= 0.6 is 0 Å². The molecule has 2 atom stereocenters. The number of imide groups is 1. The number of ether oxygens (including phenoxy) is 1. The van der Waals surface area contributed by atoms with Crippen LogP contribution in [-0.4, -0.2) is 28.5 Å². The van der Waals surface area contributed by atoms with Crippen molar-refractivity contribution < 1.29 is 14.3 Å². The van der Waals surface area contributed by atoms with Crippen molar-refractivity contribution >= 4 is 12.0 Å². The van der Waals surface area contributed by atoms with E-state index in [2.05, 4.69) is 0 Å².